The number of benzene rings is 2. The van der Waals surface area contributed by atoms with Crippen molar-refractivity contribution in [3.63, 3.8) is 0 Å². The van der Waals surface area contributed by atoms with E-state index in [-0.39, 0.29) is 36.0 Å². The number of carbonyl (C=O) groups is 3. The Morgan fingerprint density at radius 1 is 1.00 bits per heavy atom. The van der Waals surface area contributed by atoms with E-state index >= 15 is 0 Å². The van der Waals surface area contributed by atoms with Crippen LogP contribution in [0.2, 0.25) is 0 Å². The summed E-state index contributed by atoms with van der Waals surface area (Å²) in [4.78, 5) is 40.1. The zero-order chi connectivity index (χ0) is 28.4. The third-order valence-corrected chi connectivity index (χ3v) is 7.58. The van der Waals surface area contributed by atoms with Gasteiger partial charge in [-0.05, 0) is 31.0 Å². The molecule has 3 aromatic rings. The van der Waals surface area contributed by atoms with E-state index in [1.165, 1.54) is 18.2 Å². The van der Waals surface area contributed by atoms with Crippen LogP contribution in [0.5, 0.6) is 5.75 Å². The lowest BCUT2D eigenvalue weighted by Crippen LogP contribution is -2.47. The molecule has 0 aliphatic carbocycles. The Balaban J connectivity index is 1.52. The first kappa shape index (κ1) is 29.5. The number of carbonyl (C=O) groups excluding carboxylic acids is 2. The number of sulfone groups is 1. The molecule has 0 saturated heterocycles. The number of hydrogen-bond acceptors (Lipinski definition) is 8. The molecule has 3 rings (SSSR count). The summed E-state index contributed by atoms with van der Waals surface area (Å²) in [6, 6.07) is 12.2. The number of nitrogens with one attached hydrogen (secondary N) is 2. The molecule has 210 valence electrons. The van der Waals surface area contributed by atoms with Crippen LogP contribution in [0.1, 0.15) is 41.9 Å². The van der Waals surface area contributed by atoms with Gasteiger partial charge in [-0.1, -0.05) is 36.8 Å². The van der Waals surface area contributed by atoms with Gasteiger partial charge in [0.1, 0.15) is 11.3 Å². The minimum atomic E-state index is -4.35. The molecule has 0 fully saturated rings. The number of Topliss-reactive ketones (excluding diaryl/α,β-unsaturated/α-hetero) is 1. The number of ether oxygens (including phenoxy) is 1. The van der Waals surface area contributed by atoms with Crippen LogP contribution in [0.3, 0.4) is 0 Å². The van der Waals surface area contributed by atoms with E-state index in [0.29, 0.717) is 30.4 Å². The fraction of sp³-hybridized carbons (Fsp3) is 0.360. The van der Waals surface area contributed by atoms with Crippen molar-refractivity contribution < 1.29 is 45.8 Å². The summed E-state index contributed by atoms with van der Waals surface area (Å²) in [5, 5.41) is 11.4. The molecule has 0 aliphatic heterocycles. The fourth-order valence-electron chi connectivity index (χ4n) is 3.73. The average Bonchev–Trinajstić information content (AvgIpc) is 3.31. The monoisotopic (exact) mass is 567 g/mol. The number of rotatable bonds is 15. The van der Waals surface area contributed by atoms with E-state index in [1.807, 2.05) is 5.32 Å². The number of carboxylic acid groups (broad SMARTS) is 1. The van der Waals surface area contributed by atoms with Crippen LogP contribution in [0.15, 0.2) is 52.9 Å². The standard InChI is InChI=1S/C25H27F2N3O8S/c26-24(27)38-19-11-5-3-8-16(19)15-39(35,36)21(14-29-25(33)34)22(32)28-13-7-1-2-10-18(31)23-30-17-9-4-6-12-20(17)37-23/h3-6,8-9,11-12,21,24,29H,1-2,7,10,13-15H2,(H,28,32)(H,33,34). The Labute approximate surface area is 222 Å². The number of amides is 2. The van der Waals surface area contributed by atoms with Gasteiger partial charge in [0.15, 0.2) is 20.7 Å². The van der Waals surface area contributed by atoms with E-state index < -0.39 is 46.0 Å². The highest BCUT2D eigenvalue weighted by Gasteiger charge is 2.34. The highest BCUT2D eigenvalue weighted by molar-refractivity contribution is 7.92. The van der Waals surface area contributed by atoms with Gasteiger partial charge >= 0.3 is 12.7 Å². The molecular weight excluding hydrogens is 540 g/mol. The van der Waals surface area contributed by atoms with Crippen LogP contribution < -0.4 is 15.4 Å². The van der Waals surface area contributed by atoms with Crippen molar-refractivity contribution >= 4 is 38.7 Å². The summed E-state index contributed by atoms with van der Waals surface area (Å²) in [7, 11) is -4.35. The molecule has 3 N–H and O–H groups in total. The largest absolute Gasteiger partial charge is 0.465 e. The van der Waals surface area contributed by atoms with E-state index in [2.05, 4.69) is 15.0 Å². The smallest absolute Gasteiger partial charge is 0.404 e. The average molecular weight is 568 g/mol. The van der Waals surface area contributed by atoms with Crippen LogP contribution in [0.25, 0.3) is 11.1 Å². The van der Waals surface area contributed by atoms with E-state index in [9.17, 15) is 31.6 Å². The molecule has 0 aliphatic rings. The van der Waals surface area contributed by atoms with Gasteiger partial charge in [0.05, 0.1) is 5.75 Å². The highest BCUT2D eigenvalue weighted by Crippen LogP contribution is 2.24. The third kappa shape index (κ3) is 8.74. The second-order valence-corrected chi connectivity index (χ2v) is 10.7. The Hall–Kier alpha value is -4.07. The SMILES string of the molecule is O=C(O)NCC(C(=O)NCCCCCC(=O)c1nc2ccccc2o1)S(=O)(=O)Cc1ccccc1OC(F)F. The summed E-state index contributed by atoms with van der Waals surface area (Å²) < 4.78 is 61.2. The van der Waals surface area contributed by atoms with Gasteiger partial charge in [0.25, 0.3) is 5.89 Å². The molecule has 0 spiro atoms. The number of para-hydroxylation sites is 3. The second kappa shape index (κ2) is 13.6. The summed E-state index contributed by atoms with van der Waals surface area (Å²) in [6.07, 6.45) is 0.0384. The maximum absolute atomic E-state index is 13.0. The number of halogens is 2. The molecule has 11 nitrogen and oxygen atoms in total. The van der Waals surface area contributed by atoms with Crippen molar-refractivity contribution in [3.8, 4) is 5.75 Å². The number of unbranched alkanes of at least 4 members (excludes halogenated alkanes) is 2. The summed E-state index contributed by atoms with van der Waals surface area (Å²) in [6.45, 7) is -3.85. The van der Waals surface area contributed by atoms with Crippen molar-refractivity contribution in [1.29, 1.82) is 0 Å². The van der Waals surface area contributed by atoms with Gasteiger partial charge in [-0.2, -0.15) is 8.78 Å². The number of nitrogens with zero attached hydrogens (tertiary/aromatic N) is 1. The third-order valence-electron chi connectivity index (χ3n) is 5.62. The lowest BCUT2D eigenvalue weighted by Gasteiger charge is -2.18. The van der Waals surface area contributed by atoms with Crippen LogP contribution in [-0.2, 0) is 20.4 Å². The van der Waals surface area contributed by atoms with Gasteiger partial charge in [-0.3, -0.25) is 9.59 Å². The zero-order valence-electron chi connectivity index (χ0n) is 20.6. The van der Waals surface area contributed by atoms with E-state index in [1.54, 1.807) is 24.3 Å². The Kier molecular flexibility index (Phi) is 10.3. The fourth-order valence-corrected chi connectivity index (χ4v) is 5.35. The lowest BCUT2D eigenvalue weighted by molar-refractivity contribution is -0.120. The summed E-state index contributed by atoms with van der Waals surface area (Å²) in [5.41, 5.74) is 0.987. The van der Waals surface area contributed by atoms with Crippen molar-refractivity contribution in [2.24, 2.45) is 0 Å². The van der Waals surface area contributed by atoms with Crippen molar-refractivity contribution in [3.05, 3.63) is 60.0 Å². The van der Waals surface area contributed by atoms with Crippen LogP contribution in [0.4, 0.5) is 13.6 Å². The lowest BCUT2D eigenvalue weighted by atomic mass is 10.1. The first-order valence-electron chi connectivity index (χ1n) is 11.9. The molecule has 2 aromatic carbocycles. The Morgan fingerprint density at radius 3 is 2.44 bits per heavy atom. The molecule has 1 aromatic heterocycles. The minimum absolute atomic E-state index is 0.0176. The first-order valence-corrected chi connectivity index (χ1v) is 13.7. The van der Waals surface area contributed by atoms with Gasteiger partial charge < -0.3 is 24.9 Å². The molecule has 1 heterocycles. The van der Waals surface area contributed by atoms with Crippen LogP contribution in [0, 0.1) is 0 Å². The van der Waals surface area contributed by atoms with E-state index in [0.717, 1.165) is 6.07 Å². The zero-order valence-corrected chi connectivity index (χ0v) is 21.5. The number of alkyl halides is 2. The molecule has 1 atom stereocenters. The second-order valence-electron chi connectivity index (χ2n) is 8.48. The van der Waals surface area contributed by atoms with Crippen LogP contribution >= 0.6 is 0 Å². The first-order chi connectivity index (χ1) is 18.6. The number of oxazole rings is 1. The minimum Gasteiger partial charge on any atom is -0.465 e. The highest BCUT2D eigenvalue weighted by atomic mass is 32.2. The summed E-state index contributed by atoms with van der Waals surface area (Å²) >= 11 is 0. The van der Waals surface area contributed by atoms with Crippen molar-refractivity contribution in [2.75, 3.05) is 13.1 Å². The maximum atomic E-state index is 13.0. The van der Waals surface area contributed by atoms with Gasteiger partial charge in [0, 0.05) is 25.1 Å². The van der Waals surface area contributed by atoms with Gasteiger partial charge in [-0.25, -0.2) is 18.2 Å². The van der Waals surface area contributed by atoms with Crippen molar-refractivity contribution in [1.82, 2.24) is 15.6 Å². The molecule has 0 saturated carbocycles. The predicted molar refractivity (Wildman–Crippen MR) is 135 cm³/mol. The normalized spacial score (nSPS) is 12.3. The molecular formula is C25H27F2N3O8S. The number of aromatic nitrogens is 1. The molecule has 0 radical (unpaired) electrons. The van der Waals surface area contributed by atoms with Crippen molar-refractivity contribution in [2.45, 2.75) is 43.3 Å². The van der Waals surface area contributed by atoms with Gasteiger partial charge in [-0.15, -0.1) is 0 Å². The molecule has 2 amide bonds. The Bertz CT molecular complexity index is 1380. The number of ketones is 1. The quantitative estimate of drug-likeness (QED) is 0.184. The number of fused-ring (bicyclic) bond motifs is 1. The van der Waals surface area contributed by atoms with E-state index in [4.69, 9.17) is 9.52 Å². The molecule has 0 bridgehead atoms. The molecule has 1 unspecified atom stereocenters. The van der Waals surface area contributed by atoms with Crippen LogP contribution in [-0.4, -0.2) is 61.2 Å². The predicted octanol–water partition coefficient (Wildman–Crippen LogP) is 3.54. The summed E-state index contributed by atoms with van der Waals surface area (Å²) in [5.74, 6) is -2.39. The van der Waals surface area contributed by atoms with Gasteiger partial charge in [0.2, 0.25) is 11.7 Å². The Morgan fingerprint density at radius 2 is 1.72 bits per heavy atom. The molecule has 14 heteroatoms. The maximum Gasteiger partial charge on any atom is 0.404 e. The molecule has 39 heavy (non-hydrogen) atoms. The number of hydrogen-bond donors (Lipinski definition) is 3. The topological polar surface area (TPSA) is 165 Å².